The van der Waals surface area contributed by atoms with E-state index in [1.165, 1.54) is 5.56 Å². The molecule has 25 heavy (non-hydrogen) atoms. The average Bonchev–Trinajstić information content (AvgIpc) is 3.16. The van der Waals surface area contributed by atoms with E-state index in [4.69, 9.17) is 9.47 Å². The number of benzene rings is 1. The Morgan fingerprint density at radius 1 is 1.16 bits per heavy atom. The largest absolute Gasteiger partial charge is 0.497 e. The molecular weight excluding hydrogens is 316 g/mol. The maximum absolute atomic E-state index is 5.83. The highest BCUT2D eigenvalue weighted by Crippen LogP contribution is 2.18. The van der Waals surface area contributed by atoms with Crippen LogP contribution in [0.15, 0.2) is 36.7 Å². The fourth-order valence-electron chi connectivity index (χ4n) is 3.07. The molecule has 0 bridgehead atoms. The summed E-state index contributed by atoms with van der Waals surface area (Å²) in [6, 6.07) is 8.23. The van der Waals surface area contributed by atoms with Crippen LogP contribution in [0.5, 0.6) is 5.75 Å². The van der Waals surface area contributed by atoms with Gasteiger partial charge in [-0.1, -0.05) is 12.1 Å². The van der Waals surface area contributed by atoms with Crippen LogP contribution in [0.25, 0.3) is 0 Å². The standard InChI is InChI=1S/C19H26N4O2/c1-20-19-21-10-16(11-22-19)13-23(14-18-4-3-9-25-18)12-15-5-7-17(24-2)8-6-15/h5-8,10-11,18H,3-4,9,12-14H2,1-2H3,(H,20,21,22)/t18-/m1/s1. The van der Waals surface area contributed by atoms with Gasteiger partial charge in [-0.2, -0.15) is 0 Å². The number of hydrogen-bond acceptors (Lipinski definition) is 6. The molecule has 2 aromatic rings. The summed E-state index contributed by atoms with van der Waals surface area (Å²) in [7, 11) is 3.51. The van der Waals surface area contributed by atoms with Crippen LogP contribution in [0.2, 0.25) is 0 Å². The molecule has 1 atom stereocenters. The molecule has 0 amide bonds. The van der Waals surface area contributed by atoms with Gasteiger partial charge in [0.25, 0.3) is 0 Å². The lowest BCUT2D eigenvalue weighted by molar-refractivity contribution is 0.0678. The summed E-state index contributed by atoms with van der Waals surface area (Å²) in [5, 5.41) is 2.95. The monoisotopic (exact) mass is 342 g/mol. The lowest BCUT2D eigenvalue weighted by Gasteiger charge is -2.25. The zero-order chi connectivity index (χ0) is 17.5. The van der Waals surface area contributed by atoms with Crippen molar-refractivity contribution >= 4 is 5.95 Å². The Kier molecular flexibility index (Phi) is 6.19. The third kappa shape index (κ3) is 5.14. The first-order valence-corrected chi connectivity index (χ1v) is 8.72. The van der Waals surface area contributed by atoms with Crippen LogP contribution in [0.4, 0.5) is 5.95 Å². The van der Waals surface area contributed by atoms with Gasteiger partial charge in [-0.05, 0) is 30.5 Å². The Bertz CT molecular complexity index is 590. The molecule has 0 radical (unpaired) electrons. The predicted octanol–water partition coefficient (Wildman–Crippen LogP) is 2.71. The predicted molar refractivity (Wildman–Crippen MR) is 97.7 cm³/mol. The number of methoxy groups -OCH3 is 1. The molecule has 1 N–H and O–H groups in total. The first-order valence-electron chi connectivity index (χ1n) is 8.72. The minimum absolute atomic E-state index is 0.316. The van der Waals surface area contributed by atoms with E-state index in [0.29, 0.717) is 12.1 Å². The molecule has 0 spiro atoms. The molecule has 1 fully saturated rings. The Labute approximate surface area is 149 Å². The second kappa shape index (κ2) is 8.78. The van der Waals surface area contributed by atoms with E-state index in [9.17, 15) is 0 Å². The smallest absolute Gasteiger partial charge is 0.222 e. The van der Waals surface area contributed by atoms with Gasteiger partial charge < -0.3 is 14.8 Å². The molecule has 3 rings (SSSR count). The minimum atomic E-state index is 0.316. The van der Waals surface area contributed by atoms with Crippen LogP contribution in [0, 0.1) is 0 Å². The molecule has 134 valence electrons. The van der Waals surface area contributed by atoms with Crippen LogP contribution in [0.1, 0.15) is 24.0 Å². The fourth-order valence-corrected chi connectivity index (χ4v) is 3.07. The summed E-state index contributed by atoms with van der Waals surface area (Å²) in [5.41, 5.74) is 2.36. The third-order valence-corrected chi connectivity index (χ3v) is 4.39. The summed E-state index contributed by atoms with van der Waals surface area (Å²) in [4.78, 5) is 11.0. The average molecular weight is 342 g/mol. The van der Waals surface area contributed by atoms with Crippen LogP contribution < -0.4 is 10.1 Å². The van der Waals surface area contributed by atoms with Crippen molar-refractivity contribution < 1.29 is 9.47 Å². The molecule has 1 aromatic heterocycles. The molecule has 0 unspecified atom stereocenters. The van der Waals surface area contributed by atoms with Crippen LogP contribution in [-0.2, 0) is 17.8 Å². The summed E-state index contributed by atoms with van der Waals surface area (Å²) in [5.74, 6) is 1.52. The fraction of sp³-hybridized carbons (Fsp3) is 0.474. The lowest BCUT2D eigenvalue weighted by Crippen LogP contribution is -2.31. The normalized spacial score (nSPS) is 17.0. The number of aromatic nitrogens is 2. The van der Waals surface area contributed by atoms with Gasteiger partial charge in [0.2, 0.25) is 5.95 Å². The van der Waals surface area contributed by atoms with Crippen LogP contribution >= 0.6 is 0 Å². The number of anilines is 1. The lowest BCUT2D eigenvalue weighted by atomic mass is 10.1. The summed E-state index contributed by atoms with van der Waals surface area (Å²) < 4.78 is 11.1. The number of ether oxygens (including phenoxy) is 2. The van der Waals surface area contributed by atoms with Gasteiger partial charge >= 0.3 is 0 Å². The van der Waals surface area contributed by atoms with Crippen LogP contribution in [-0.4, -0.2) is 48.3 Å². The van der Waals surface area contributed by atoms with E-state index >= 15 is 0 Å². The number of rotatable bonds is 8. The van der Waals surface area contributed by atoms with Crippen molar-refractivity contribution in [2.75, 3.05) is 32.6 Å². The van der Waals surface area contributed by atoms with E-state index in [2.05, 4.69) is 32.3 Å². The van der Waals surface area contributed by atoms with Crippen molar-refractivity contribution in [3.8, 4) is 5.75 Å². The molecule has 1 aromatic carbocycles. The Balaban J connectivity index is 1.68. The van der Waals surface area contributed by atoms with Crippen molar-refractivity contribution in [2.45, 2.75) is 32.0 Å². The van der Waals surface area contributed by atoms with Gasteiger partial charge in [-0.3, -0.25) is 4.90 Å². The molecule has 1 aliphatic heterocycles. The van der Waals surface area contributed by atoms with Gasteiger partial charge in [0.15, 0.2) is 0 Å². The SMILES string of the molecule is CNc1ncc(CN(Cc2ccc(OC)cc2)C[C@H]2CCCO2)cn1. The van der Waals surface area contributed by atoms with Crippen molar-refractivity contribution in [3.63, 3.8) is 0 Å². The van der Waals surface area contributed by atoms with E-state index in [1.807, 2.05) is 31.6 Å². The third-order valence-electron chi connectivity index (χ3n) is 4.39. The first kappa shape index (κ1) is 17.6. The summed E-state index contributed by atoms with van der Waals surface area (Å²) in [6.45, 7) is 3.45. The second-order valence-electron chi connectivity index (χ2n) is 6.32. The zero-order valence-electron chi connectivity index (χ0n) is 14.9. The van der Waals surface area contributed by atoms with E-state index in [0.717, 1.165) is 50.4 Å². The maximum atomic E-state index is 5.83. The Hall–Kier alpha value is -2.18. The maximum Gasteiger partial charge on any atom is 0.222 e. The molecule has 6 heteroatoms. The highest BCUT2D eigenvalue weighted by molar-refractivity contribution is 5.27. The quantitative estimate of drug-likeness (QED) is 0.796. The topological polar surface area (TPSA) is 59.5 Å². The number of hydrogen-bond donors (Lipinski definition) is 1. The Morgan fingerprint density at radius 3 is 2.48 bits per heavy atom. The molecular formula is C19H26N4O2. The Morgan fingerprint density at radius 2 is 1.88 bits per heavy atom. The molecule has 0 saturated carbocycles. The van der Waals surface area contributed by atoms with E-state index < -0.39 is 0 Å². The van der Waals surface area contributed by atoms with Gasteiger partial charge in [-0.25, -0.2) is 9.97 Å². The van der Waals surface area contributed by atoms with Crippen LogP contribution in [0.3, 0.4) is 0 Å². The van der Waals surface area contributed by atoms with Crippen molar-refractivity contribution in [1.82, 2.24) is 14.9 Å². The molecule has 1 aliphatic rings. The first-order chi connectivity index (χ1) is 12.3. The summed E-state index contributed by atoms with van der Waals surface area (Å²) in [6.07, 6.45) is 6.37. The highest BCUT2D eigenvalue weighted by Gasteiger charge is 2.20. The molecule has 2 heterocycles. The highest BCUT2D eigenvalue weighted by atomic mass is 16.5. The zero-order valence-corrected chi connectivity index (χ0v) is 14.9. The number of nitrogens with one attached hydrogen (secondary N) is 1. The van der Waals surface area contributed by atoms with E-state index in [1.54, 1.807) is 7.11 Å². The second-order valence-corrected chi connectivity index (χ2v) is 6.32. The summed E-state index contributed by atoms with van der Waals surface area (Å²) >= 11 is 0. The van der Waals surface area contributed by atoms with Crippen molar-refractivity contribution in [1.29, 1.82) is 0 Å². The van der Waals surface area contributed by atoms with Gasteiger partial charge in [0, 0.05) is 51.2 Å². The molecule has 0 aliphatic carbocycles. The van der Waals surface area contributed by atoms with Crippen molar-refractivity contribution in [2.24, 2.45) is 0 Å². The van der Waals surface area contributed by atoms with Gasteiger partial charge in [-0.15, -0.1) is 0 Å². The number of nitrogens with zero attached hydrogens (tertiary/aromatic N) is 3. The molecule has 6 nitrogen and oxygen atoms in total. The van der Waals surface area contributed by atoms with Gasteiger partial charge in [0.05, 0.1) is 13.2 Å². The molecule has 1 saturated heterocycles. The van der Waals surface area contributed by atoms with Gasteiger partial charge in [0.1, 0.15) is 5.75 Å². The minimum Gasteiger partial charge on any atom is -0.497 e. The van der Waals surface area contributed by atoms with Crippen molar-refractivity contribution in [3.05, 3.63) is 47.8 Å². The van der Waals surface area contributed by atoms with E-state index in [-0.39, 0.29) is 0 Å².